The van der Waals surface area contributed by atoms with Crippen molar-refractivity contribution in [2.24, 2.45) is 5.14 Å². The van der Waals surface area contributed by atoms with Crippen LogP contribution in [0.25, 0.3) is 0 Å². The number of hydrogen-bond donors (Lipinski definition) is 2. The van der Waals surface area contributed by atoms with Crippen molar-refractivity contribution in [2.75, 3.05) is 11.1 Å². The summed E-state index contributed by atoms with van der Waals surface area (Å²) in [6.45, 7) is 3.73. The fraction of sp³-hybridized carbons (Fsp3) is 0.214. The number of benzene rings is 1. The predicted molar refractivity (Wildman–Crippen MR) is 88.7 cm³/mol. The van der Waals surface area contributed by atoms with Crippen LogP contribution in [0, 0.1) is 13.8 Å². The van der Waals surface area contributed by atoms with Gasteiger partial charge in [0, 0.05) is 17.1 Å². The summed E-state index contributed by atoms with van der Waals surface area (Å²) in [5.74, 6) is -0.0825. The van der Waals surface area contributed by atoms with Crippen molar-refractivity contribution in [3.05, 3.63) is 41.7 Å². The van der Waals surface area contributed by atoms with Gasteiger partial charge in [0.15, 0.2) is 5.16 Å². The van der Waals surface area contributed by atoms with E-state index in [4.69, 9.17) is 5.14 Å². The van der Waals surface area contributed by atoms with Crippen molar-refractivity contribution < 1.29 is 13.2 Å². The fourth-order valence-electron chi connectivity index (χ4n) is 1.81. The van der Waals surface area contributed by atoms with E-state index >= 15 is 0 Å². The van der Waals surface area contributed by atoms with Crippen molar-refractivity contribution >= 4 is 33.4 Å². The summed E-state index contributed by atoms with van der Waals surface area (Å²) >= 11 is 1.23. The number of carbonyl (C=O) groups excluding carboxylic acids is 1. The molecule has 0 spiro atoms. The van der Waals surface area contributed by atoms with Gasteiger partial charge in [-0.15, -0.1) is 0 Å². The molecule has 7 nitrogen and oxygen atoms in total. The lowest BCUT2D eigenvalue weighted by Gasteiger charge is -2.06. The van der Waals surface area contributed by atoms with Gasteiger partial charge in [-0.05, 0) is 44.2 Å². The Morgan fingerprint density at radius 3 is 2.26 bits per heavy atom. The van der Waals surface area contributed by atoms with E-state index in [0.29, 0.717) is 10.8 Å². The predicted octanol–water partition coefficient (Wildman–Crippen LogP) is 1.47. The van der Waals surface area contributed by atoms with Crippen molar-refractivity contribution in [3.63, 3.8) is 0 Å². The highest BCUT2D eigenvalue weighted by Gasteiger charge is 2.09. The van der Waals surface area contributed by atoms with Crippen molar-refractivity contribution in [2.45, 2.75) is 23.9 Å². The lowest BCUT2D eigenvalue weighted by molar-refractivity contribution is -0.113. The van der Waals surface area contributed by atoms with Crippen LogP contribution >= 0.6 is 11.8 Å². The Morgan fingerprint density at radius 1 is 1.17 bits per heavy atom. The van der Waals surface area contributed by atoms with Crippen molar-refractivity contribution in [1.29, 1.82) is 0 Å². The summed E-state index contributed by atoms with van der Waals surface area (Å²) in [7, 11) is -3.74. The second kappa shape index (κ2) is 7.07. The van der Waals surface area contributed by atoms with Crippen LogP contribution in [0.5, 0.6) is 0 Å². The molecule has 0 aliphatic carbocycles. The Labute approximate surface area is 138 Å². The van der Waals surface area contributed by atoms with Crippen molar-refractivity contribution in [3.8, 4) is 0 Å². The number of sulfonamides is 1. The number of primary sulfonamides is 1. The minimum absolute atomic E-state index is 0.00601. The number of nitrogens with zero attached hydrogens (tertiary/aromatic N) is 2. The van der Waals surface area contributed by atoms with Crippen LogP contribution < -0.4 is 10.5 Å². The van der Waals surface area contributed by atoms with E-state index in [2.05, 4.69) is 15.3 Å². The molecule has 2 aromatic rings. The third-order valence-corrected chi connectivity index (χ3v) is 4.54. The van der Waals surface area contributed by atoms with Crippen LogP contribution in [0.3, 0.4) is 0 Å². The molecule has 3 N–H and O–H groups in total. The van der Waals surface area contributed by atoms with Gasteiger partial charge in [0.2, 0.25) is 15.9 Å². The van der Waals surface area contributed by atoms with Crippen LogP contribution in [0.4, 0.5) is 5.69 Å². The summed E-state index contributed by atoms with van der Waals surface area (Å²) in [5, 5.41) is 8.23. The second-order valence-corrected chi connectivity index (χ2v) is 7.34. The largest absolute Gasteiger partial charge is 0.325 e. The zero-order chi connectivity index (χ0) is 17.0. The molecule has 0 saturated carbocycles. The number of anilines is 1. The molecule has 0 radical (unpaired) electrons. The molecule has 0 saturated heterocycles. The van der Waals surface area contributed by atoms with Crippen LogP contribution in [0.15, 0.2) is 40.4 Å². The first-order valence-electron chi connectivity index (χ1n) is 6.62. The van der Waals surface area contributed by atoms with Gasteiger partial charge in [-0.3, -0.25) is 4.79 Å². The normalized spacial score (nSPS) is 11.3. The third-order valence-electron chi connectivity index (χ3n) is 2.76. The topological polar surface area (TPSA) is 115 Å². The molecule has 0 bridgehead atoms. The van der Waals surface area contributed by atoms with Crippen LogP contribution in [-0.4, -0.2) is 30.0 Å². The van der Waals surface area contributed by atoms with Crippen LogP contribution in [0.1, 0.15) is 11.4 Å². The van der Waals surface area contributed by atoms with Gasteiger partial charge in [0.05, 0.1) is 10.6 Å². The average Bonchev–Trinajstić information content (AvgIpc) is 2.44. The number of rotatable bonds is 5. The number of nitrogens with two attached hydrogens (primary N) is 1. The molecular weight excluding hydrogens is 336 g/mol. The molecule has 1 aromatic carbocycles. The molecular formula is C14H16N4O3S2. The maximum atomic E-state index is 11.9. The second-order valence-electron chi connectivity index (χ2n) is 4.84. The highest BCUT2D eigenvalue weighted by atomic mass is 32.2. The Hall–Kier alpha value is -1.97. The summed E-state index contributed by atoms with van der Waals surface area (Å²) < 4.78 is 22.3. The summed E-state index contributed by atoms with van der Waals surface area (Å²) in [5.41, 5.74) is 2.18. The number of aryl methyl sites for hydroxylation is 2. The smallest absolute Gasteiger partial charge is 0.238 e. The minimum Gasteiger partial charge on any atom is -0.325 e. The Morgan fingerprint density at radius 2 is 1.74 bits per heavy atom. The Bertz CT molecular complexity index is 800. The van der Waals surface area contributed by atoms with Gasteiger partial charge in [-0.1, -0.05) is 11.8 Å². The summed E-state index contributed by atoms with van der Waals surface area (Å²) in [6.07, 6.45) is 0. The van der Waals surface area contributed by atoms with Crippen LogP contribution in [0.2, 0.25) is 0 Å². The standard InChI is InChI=1S/C14H16N4O3S2/c1-9-7-10(2)17-14(16-9)22-8-13(19)18-11-3-5-12(6-4-11)23(15,20)21/h3-7H,8H2,1-2H3,(H,18,19)(H2,15,20,21). The van der Waals surface area contributed by atoms with Crippen LogP contribution in [-0.2, 0) is 14.8 Å². The molecule has 1 amide bonds. The maximum Gasteiger partial charge on any atom is 0.238 e. The molecule has 1 aromatic heterocycles. The average molecular weight is 352 g/mol. The van der Waals surface area contributed by atoms with E-state index in [9.17, 15) is 13.2 Å². The van der Waals surface area contributed by atoms with E-state index in [1.807, 2.05) is 19.9 Å². The minimum atomic E-state index is -3.74. The monoisotopic (exact) mass is 352 g/mol. The first-order valence-corrected chi connectivity index (χ1v) is 9.15. The van der Waals surface area contributed by atoms with E-state index in [1.54, 1.807) is 0 Å². The molecule has 2 rings (SSSR count). The first kappa shape index (κ1) is 17.4. The van der Waals surface area contributed by atoms with Gasteiger partial charge in [0.25, 0.3) is 0 Å². The molecule has 0 atom stereocenters. The van der Waals surface area contributed by atoms with E-state index in [0.717, 1.165) is 11.4 Å². The van der Waals surface area contributed by atoms with Gasteiger partial charge < -0.3 is 5.32 Å². The lowest BCUT2D eigenvalue weighted by Crippen LogP contribution is -2.15. The number of carbonyl (C=O) groups is 1. The molecule has 1 heterocycles. The Kier molecular flexibility index (Phi) is 5.34. The van der Waals surface area contributed by atoms with Gasteiger partial charge in [0.1, 0.15) is 0 Å². The number of hydrogen-bond acceptors (Lipinski definition) is 6. The highest BCUT2D eigenvalue weighted by molar-refractivity contribution is 7.99. The number of thioether (sulfide) groups is 1. The Balaban J connectivity index is 1.94. The third kappa shape index (κ3) is 5.31. The van der Waals surface area contributed by atoms with E-state index in [1.165, 1.54) is 36.0 Å². The molecule has 9 heteroatoms. The summed E-state index contributed by atoms with van der Waals surface area (Å²) in [6, 6.07) is 7.50. The summed E-state index contributed by atoms with van der Waals surface area (Å²) in [4.78, 5) is 20.4. The fourth-order valence-corrected chi connectivity index (χ4v) is 3.08. The SMILES string of the molecule is Cc1cc(C)nc(SCC(=O)Nc2ccc(S(N)(=O)=O)cc2)n1. The molecule has 23 heavy (non-hydrogen) atoms. The number of aromatic nitrogens is 2. The lowest BCUT2D eigenvalue weighted by atomic mass is 10.3. The highest BCUT2D eigenvalue weighted by Crippen LogP contribution is 2.16. The van der Waals surface area contributed by atoms with Crippen molar-refractivity contribution in [1.82, 2.24) is 9.97 Å². The molecule has 0 aliphatic rings. The molecule has 0 aliphatic heterocycles. The maximum absolute atomic E-state index is 11.9. The van der Waals surface area contributed by atoms with Gasteiger partial charge in [-0.2, -0.15) is 0 Å². The molecule has 122 valence electrons. The molecule has 0 fully saturated rings. The first-order chi connectivity index (χ1) is 10.7. The number of nitrogens with one attached hydrogen (secondary N) is 1. The number of amides is 1. The molecule has 0 unspecified atom stereocenters. The van der Waals surface area contributed by atoms with Gasteiger partial charge >= 0.3 is 0 Å². The van der Waals surface area contributed by atoms with Gasteiger partial charge in [-0.25, -0.2) is 23.5 Å². The zero-order valence-corrected chi connectivity index (χ0v) is 14.2. The quantitative estimate of drug-likeness (QED) is 0.622. The zero-order valence-electron chi connectivity index (χ0n) is 12.6. The van der Waals surface area contributed by atoms with E-state index in [-0.39, 0.29) is 16.6 Å². The van der Waals surface area contributed by atoms with E-state index < -0.39 is 10.0 Å².